The molecule has 3 rings (SSSR count). The number of hydrogen-bond acceptors (Lipinski definition) is 5. The lowest BCUT2D eigenvalue weighted by molar-refractivity contribution is 0.770. The Bertz CT molecular complexity index is 859. The molecule has 25 heavy (non-hydrogen) atoms. The molecule has 0 saturated carbocycles. The maximum atomic E-state index is 6.96. The van der Waals surface area contributed by atoms with Gasteiger partial charge in [0.2, 0.25) is 0 Å². The van der Waals surface area contributed by atoms with Crippen LogP contribution < -0.4 is 5.73 Å². The van der Waals surface area contributed by atoms with Crippen LogP contribution >= 0.6 is 31.9 Å². The zero-order valence-electron chi connectivity index (χ0n) is 13.4. The third kappa shape index (κ3) is 5.33. The average Bonchev–Trinajstić information content (AvgIpc) is 3.00. The first kappa shape index (κ1) is 19.0. The van der Waals surface area contributed by atoms with Crippen molar-refractivity contribution < 1.29 is 0 Å². The molecule has 0 amide bonds. The quantitative estimate of drug-likeness (QED) is 0.574. The van der Waals surface area contributed by atoms with Crippen molar-refractivity contribution in [3.63, 3.8) is 0 Å². The Hall–Kier alpha value is -2.32. The number of aromatic nitrogens is 4. The largest absolute Gasteiger partial charge is 0.397 e. The van der Waals surface area contributed by atoms with E-state index in [9.17, 15) is 0 Å². The zero-order chi connectivity index (χ0) is 18.2. The Labute approximate surface area is 162 Å². The first-order chi connectivity index (χ1) is 12.0. The van der Waals surface area contributed by atoms with Gasteiger partial charge < -0.3 is 11.1 Å². The van der Waals surface area contributed by atoms with Crippen molar-refractivity contribution in [3.05, 3.63) is 69.8 Å². The molecule has 0 atom stereocenters. The molecule has 0 aliphatic carbocycles. The number of aryl methyl sites for hydroxylation is 1. The van der Waals surface area contributed by atoms with Gasteiger partial charge in [-0.15, -0.1) is 0 Å². The number of hydrogen-bond donors (Lipinski definition) is 2. The second kappa shape index (κ2) is 9.24. The highest BCUT2D eigenvalue weighted by atomic mass is 79.9. The highest BCUT2D eigenvalue weighted by molar-refractivity contribution is 9.12. The van der Waals surface area contributed by atoms with Crippen LogP contribution in [0.25, 0.3) is 17.0 Å². The van der Waals surface area contributed by atoms with Crippen molar-refractivity contribution in [2.75, 3.05) is 0 Å². The lowest BCUT2D eigenvalue weighted by atomic mass is 10.2. The van der Waals surface area contributed by atoms with Crippen molar-refractivity contribution in [2.45, 2.75) is 0 Å². The number of halogens is 2. The molecule has 3 aromatic heterocycles. The molecule has 0 radical (unpaired) electrons. The lowest BCUT2D eigenvalue weighted by Crippen LogP contribution is -1.99. The van der Waals surface area contributed by atoms with E-state index in [0.717, 1.165) is 27.5 Å². The summed E-state index contributed by atoms with van der Waals surface area (Å²) in [5.74, 6) is 0. The molecular formula is C17H16Br2N6. The molecule has 0 aliphatic rings. The van der Waals surface area contributed by atoms with Gasteiger partial charge in [-0.05, 0) is 56.1 Å². The molecule has 0 bridgehead atoms. The minimum absolute atomic E-state index is 0.526. The van der Waals surface area contributed by atoms with Crippen molar-refractivity contribution in [2.24, 2.45) is 12.8 Å². The van der Waals surface area contributed by atoms with E-state index < -0.39 is 0 Å². The minimum atomic E-state index is 0.526. The van der Waals surface area contributed by atoms with E-state index in [1.807, 2.05) is 31.4 Å². The van der Waals surface area contributed by atoms with Gasteiger partial charge in [0.15, 0.2) is 0 Å². The van der Waals surface area contributed by atoms with Gasteiger partial charge in [0, 0.05) is 55.4 Å². The summed E-state index contributed by atoms with van der Waals surface area (Å²) in [6.07, 6.45) is 9.95. The molecule has 3 aromatic rings. The number of nitrogens with two attached hydrogens (primary N) is 1. The second-order valence-corrected chi connectivity index (χ2v) is 6.60. The van der Waals surface area contributed by atoms with Crippen LogP contribution in [-0.2, 0) is 7.05 Å². The SMILES string of the molecule is Cn1cc(Br)c(-c2cccnc2)n1.N=CC(Br)=C(N)c1cccnc1. The summed E-state index contributed by atoms with van der Waals surface area (Å²) in [6, 6.07) is 7.52. The van der Waals surface area contributed by atoms with Gasteiger partial charge in [-0.25, -0.2) is 0 Å². The van der Waals surface area contributed by atoms with Crippen LogP contribution in [0.15, 0.2) is 64.2 Å². The van der Waals surface area contributed by atoms with Crippen LogP contribution in [0.3, 0.4) is 0 Å². The highest BCUT2D eigenvalue weighted by Gasteiger charge is 2.06. The van der Waals surface area contributed by atoms with Gasteiger partial charge in [-0.1, -0.05) is 0 Å². The van der Waals surface area contributed by atoms with Crippen LogP contribution in [0.1, 0.15) is 5.56 Å². The molecule has 3 N–H and O–H groups in total. The molecule has 0 unspecified atom stereocenters. The van der Waals surface area contributed by atoms with E-state index in [4.69, 9.17) is 11.1 Å². The number of nitrogens with one attached hydrogen (secondary N) is 1. The van der Waals surface area contributed by atoms with E-state index >= 15 is 0 Å². The number of allylic oxidation sites excluding steroid dienone is 1. The van der Waals surface area contributed by atoms with Crippen molar-refractivity contribution in [1.82, 2.24) is 19.7 Å². The molecule has 6 nitrogen and oxygen atoms in total. The standard InChI is InChI=1S/C9H8BrN3.C8H8BrN3/c1-13-6-8(10)9(12-13)7-3-2-4-11-5-7;9-7(4-10)8(11)6-2-1-3-12-5-6/h2-6H,1H3;1-5,10H,11H2. The van der Waals surface area contributed by atoms with E-state index in [2.05, 4.69) is 46.9 Å². The summed E-state index contributed by atoms with van der Waals surface area (Å²) >= 11 is 6.61. The summed E-state index contributed by atoms with van der Waals surface area (Å²) in [6.45, 7) is 0. The molecule has 3 heterocycles. The van der Waals surface area contributed by atoms with Crippen molar-refractivity contribution in [3.8, 4) is 11.3 Å². The topological polar surface area (TPSA) is 93.5 Å². The van der Waals surface area contributed by atoms with Gasteiger partial charge in [0.05, 0.1) is 14.7 Å². The third-order valence-corrected chi connectivity index (χ3v) is 4.31. The van der Waals surface area contributed by atoms with E-state index in [-0.39, 0.29) is 0 Å². The van der Waals surface area contributed by atoms with Gasteiger partial charge in [-0.2, -0.15) is 5.10 Å². The fourth-order valence-electron chi connectivity index (χ4n) is 1.90. The summed E-state index contributed by atoms with van der Waals surface area (Å²) in [5, 5.41) is 11.3. The molecule has 128 valence electrons. The Morgan fingerprint density at radius 3 is 2.36 bits per heavy atom. The number of nitrogens with zero attached hydrogens (tertiary/aromatic N) is 4. The minimum Gasteiger partial charge on any atom is -0.397 e. The van der Waals surface area contributed by atoms with E-state index in [0.29, 0.717) is 10.2 Å². The number of rotatable bonds is 3. The van der Waals surface area contributed by atoms with Gasteiger partial charge in [0.25, 0.3) is 0 Å². The second-order valence-electron chi connectivity index (χ2n) is 4.89. The molecule has 0 aromatic carbocycles. The zero-order valence-corrected chi connectivity index (χ0v) is 16.6. The highest BCUT2D eigenvalue weighted by Crippen LogP contribution is 2.25. The smallest absolute Gasteiger partial charge is 0.108 e. The lowest BCUT2D eigenvalue weighted by Gasteiger charge is -2.00. The van der Waals surface area contributed by atoms with E-state index in [1.54, 1.807) is 35.5 Å². The molecule has 0 aliphatic heterocycles. The monoisotopic (exact) mass is 462 g/mol. The fourth-order valence-corrected chi connectivity index (χ4v) is 2.73. The Kier molecular flexibility index (Phi) is 7.03. The average molecular weight is 464 g/mol. The van der Waals surface area contributed by atoms with Crippen LogP contribution in [0.5, 0.6) is 0 Å². The molecule has 0 spiro atoms. The predicted molar refractivity (Wildman–Crippen MR) is 107 cm³/mol. The van der Waals surface area contributed by atoms with Crippen molar-refractivity contribution >= 4 is 43.8 Å². The summed E-state index contributed by atoms with van der Waals surface area (Å²) in [7, 11) is 1.89. The maximum Gasteiger partial charge on any atom is 0.108 e. The molecule has 8 heteroatoms. The van der Waals surface area contributed by atoms with Crippen molar-refractivity contribution in [1.29, 1.82) is 5.41 Å². The van der Waals surface area contributed by atoms with Gasteiger partial charge >= 0.3 is 0 Å². The summed E-state index contributed by atoms with van der Waals surface area (Å²) in [5.41, 5.74) is 8.98. The van der Waals surface area contributed by atoms with Crippen LogP contribution in [0, 0.1) is 5.41 Å². The van der Waals surface area contributed by atoms with Crippen LogP contribution in [-0.4, -0.2) is 26.0 Å². The van der Waals surface area contributed by atoms with E-state index in [1.165, 1.54) is 0 Å². The maximum absolute atomic E-state index is 6.96. The van der Waals surface area contributed by atoms with Crippen LogP contribution in [0.4, 0.5) is 0 Å². The summed E-state index contributed by atoms with van der Waals surface area (Å²) < 4.78 is 3.32. The predicted octanol–water partition coefficient (Wildman–Crippen LogP) is 4.00. The van der Waals surface area contributed by atoms with Gasteiger partial charge in [-0.3, -0.25) is 14.6 Å². The Morgan fingerprint density at radius 2 is 1.88 bits per heavy atom. The third-order valence-electron chi connectivity index (χ3n) is 3.08. The fraction of sp³-hybridized carbons (Fsp3) is 0.0588. The number of pyridine rings is 2. The Balaban J connectivity index is 0.000000181. The summed E-state index contributed by atoms with van der Waals surface area (Å²) in [4.78, 5) is 7.95. The van der Waals surface area contributed by atoms with Gasteiger partial charge in [0.1, 0.15) is 5.69 Å². The Morgan fingerprint density at radius 1 is 1.20 bits per heavy atom. The normalized spacial score (nSPS) is 11.2. The van der Waals surface area contributed by atoms with Crippen LogP contribution in [0.2, 0.25) is 0 Å². The first-order valence-corrected chi connectivity index (χ1v) is 8.77. The first-order valence-electron chi connectivity index (χ1n) is 7.18. The molecule has 0 saturated heterocycles. The molecular weight excluding hydrogens is 448 g/mol. The molecule has 0 fully saturated rings.